The molecule has 0 unspecified atom stereocenters. The summed E-state index contributed by atoms with van der Waals surface area (Å²) in [6.07, 6.45) is 0. The lowest BCUT2D eigenvalue weighted by Gasteiger charge is -2.21. The molecule has 6 aromatic rings. The first-order chi connectivity index (χ1) is 19.3. The van der Waals surface area contributed by atoms with Crippen molar-refractivity contribution < 1.29 is 8.83 Å². The van der Waals surface area contributed by atoms with Crippen LogP contribution in [0.4, 0.5) is 0 Å². The molecule has 0 saturated heterocycles. The topological polar surface area (TPSA) is 26.3 Å². The average molecular weight is 519 g/mol. The van der Waals surface area contributed by atoms with Gasteiger partial charge in [-0.3, -0.25) is 0 Å². The van der Waals surface area contributed by atoms with Crippen molar-refractivity contribution in [2.45, 2.75) is 41.5 Å². The van der Waals surface area contributed by atoms with E-state index in [0.717, 1.165) is 44.2 Å². The summed E-state index contributed by atoms with van der Waals surface area (Å²) in [5.74, 6) is 0. The van der Waals surface area contributed by atoms with Crippen LogP contribution in [0.1, 0.15) is 33.4 Å². The molecule has 0 radical (unpaired) electrons. The van der Waals surface area contributed by atoms with Crippen molar-refractivity contribution in [3.05, 3.63) is 106 Å². The van der Waals surface area contributed by atoms with E-state index < -0.39 is 0 Å². The van der Waals surface area contributed by atoms with Crippen LogP contribution < -0.4 is 0 Å². The molecule has 0 aromatic heterocycles. The van der Waals surface area contributed by atoms with Gasteiger partial charge in [0, 0.05) is 21.9 Å². The minimum absolute atomic E-state index is 0.892. The first-order valence-corrected chi connectivity index (χ1v) is 14.0. The first-order valence-electron chi connectivity index (χ1n) is 14.0. The molecule has 0 spiro atoms. The molecule has 40 heavy (non-hydrogen) atoms. The van der Waals surface area contributed by atoms with E-state index in [-0.39, 0.29) is 0 Å². The molecule has 6 aromatic carbocycles. The molecule has 8 rings (SSSR count). The van der Waals surface area contributed by atoms with Gasteiger partial charge in [-0.1, -0.05) is 47.5 Å². The quantitative estimate of drug-likeness (QED) is 0.168. The lowest BCUT2D eigenvalue weighted by molar-refractivity contribution is 0.646. The first kappa shape index (κ1) is 23.3. The molecule has 0 bridgehead atoms. The Hall–Kier alpha value is -4.56. The van der Waals surface area contributed by atoms with E-state index in [1.807, 2.05) is 0 Å². The molecule has 0 N–H and O–H groups in total. The average Bonchev–Trinajstić information content (AvgIpc) is 2.88. The second-order valence-corrected chi connectivity index (χ2v) is 11.8. The molecule has 2 aliphatic heterocycles. The second-order valence-electron chi connectivity index (χ2n) is 11.8. The largest absolute Gasteiger partial charge is 0.456 e. The van der Waals surface area contributed by atoms with Gasteiger partial charge in [0.05, 0.1) is 0 Å². The molecule has 0 amide bonds. The standard InChI is InChI=1S/C38H30O2/c1-19-11-21(3)33(22(4)12-19)27-15-25-7-9-30-37-35(25)31(17-27)39-29-10-8-26-16-28(18-32(40-30)36(26)38(29)37)34-23(5)13-20(2)14-24(34)6/h7-18H,1-6H3. The van der Waals surface area contributed by atoms with Gasteiger partial charge in [0.15, 0.2) is 0 Å². The molecule has 0 fully saturated rings. The van der Waals surface area contributed by atoms with Crippen molar-refractivity contribution >= 4 is 43.9 Å². The van der Waals surface area contributed by atoms with E-state index in [1.165, 1.54) is 66.4 Å². The normalized spacial score (nSPS) is 12.2. The van der Waals surface area contributed by atoms with E-state index in [9.17, 15) is 0 Å². The SMILES string of the molecule is Cc1cc(C)c(-c2cc3ccc4oc5cc(-c6c(C)cc(C)cc6C)cc6ccc7oc(c2)c3c4-c7c65)c(C)c1. The predicted molar refractivity (Wildman–Crippen MR) is 168 cm³/mol. The van der Waals surface area contributed by atoms with E-state index in [0.29, 0.717) is 0 Å². The molecule has 194 valence electrons. The van der Waals surface area contributed by atoms with E-state index >= 15 is 0 Å². The minimum Gasteiger partial charge on any atom is -0.456 e. The Balaban J connectivity index is 1.45. The van der Waals surface area contributed by atoms with Crippen molar-refractivity contribution in [1.29, 1.82) is 0 Å². The molecule has 2 aliphatic rings. The van der Waals surface area contributed by atoms with Crippen LogP contribution in [-0.4, -0.2) is 0 Å². The van der Waals surface area contributed by atoms with Crippen molar-refractivity contribution in [2.24, 2.45) is 0 Å². The minimum atomic E-state index is 0.892. The fourth-order valence-electron chi connectivity index (χ4n) is 7.44. The van der Waals surface area contributed by atoms with Crippen LogP contribution >= 0.6 is 0 Å². The van der Waals surface area contributed by atoms with Crippen LogP contribution in [0.2, 0.25) is 0 Å². The highest BCUT2D eigenvalue weighted by Crippen LogP contribution is 2.50. The summed E-state index contributed by atoms with van der Waals surface area (Å²) in [6, 6.07) is 26.7. The van der Waals surface area contributed by atoms with Crippen molar-refractivity contribution in [3.8, 4) is 33.4 Å². The van der Waals surface area contributed by atoms with Crippen LogP contribution in [0.5, 0.6) is 0 Å². The van der Waals surface area contributed by atoms with Gasteiger partial charge in [-0.05, 0) is 133 Å². The maximum atomic E-state index is 6.72. The van der Waals surface area contributed by atoms with Crippen molar-refractivity contribution in [2.75, 3.05) is 0 Å². The van der Waals surface area contributed by atoms with Gasteiger partial charge in [-0.15, -0.1) is 0 Å². The Morgan fingerprint density at radius 1 is 0.375 bits per heavy atom. The Labute approximate surface area is 233 Å². The zero-order valence-corrected chi connectivity index (χ0v) is 23.7. The van der Waals surface area contributed by atoms with Gasteiger partial charge in [0.2, 0.25) is 0 Å². The summed E-state index contributed by atoms with van der Waals surface area (Å²) in [5, 5.41) is 4.60. The lowest BCUT2D eigenvalue weighted by Crippen LogP contribution is -1.97. The third-order valence-electron chi connectivity index (χ3n) is 8.71. The number of rotatable bonds is 2. The highest BCUT2D eigenvalue weighted by atomic mass is 16.3. The molecule has 2 heterocycles. The van der Waals surface area contributed by atoms with Gasteiger partial charge in [0.1, 0.15) is 22.3 Å². The zero-order chi connectivity index (χ0) is 27.4. The number of aryl methyl sites for hydroxylation is 6. The maximum Gasteiger partial charge on any atom is 0.136 e. The Kier molecular flexibility index (Phi) is 4.66. The Morgan fingerprint density at radius 2 is 0.750 bits per heavy atom. The number of hydrogen-bond acceptors (Lipinski definition) is 2. The number of hydrogen-bond donors (Lipinski definition) is 0. The summed E-state index contributed by atoms with van der Waals surface area (Å²) < 4.78 is 13.4. The second kappa shape index (κ2) is 7.99. The van der Waals surface area contributed by atoms with Crippen molar-refractivity contribution in [1.82, 2.24) is 0 Å². The lowest BCUT2D eigenvalue weighted by atomic mass is 9.86. The van der Waals surface area contributed by atoms with E-state index in [4.69, 9.17) is 8.83 Å². The van der Waals surface area contributed by atoms with Crippen LogP contribution in [0.25, 0.3) is 77.3 Å². The molecule has 2 nitrogen and oxygen atoms in total. The van der Waals surface area contributed by atoms with Gasteiger partial charge >= 0.3 is 0 Å². The van der Waals surface area contributed by atoms with Crippen LogP contribution in [0, 0.1) is 41.5 Å². The molecule has 2 heteroatoms. The van der Waals surface area contributed by atoms with Crippen LogP contribution in [-0.2, 0) is 0 Å². The Bertz CT molecular complexity index is 2060. The summed E-state index contributed by atoms with van der Waals surface area (Å²) in [7, 11) is 0. The monoisotopic (exact) mass is 518 g/mol. The molecule has 0 atom stereocenters. The summed E-state index contributed by atoms with van der Waals surface area (Å²) in [5.41, 5.74) is 18.5. The summed E-state index contributed by atoms with van der Waals surface area (Å²) >= 11 is 0. The van der Waals surface area contributed by atoms with Gasteiger partial charge < -0.3 is 8.83 Å². The fraction of sp³-hybridized carbons (Fsp3) is 0.158. The van der Waals surface area contributed by atoms with Crippen molar-refractivity contribution in [3.63, 3.8) is 0 Å². The highest BCUT2D eigenvalue weighted by molar-refractivity contribution is 6.24. The van der Waals surface area contributed by atoms with E-state index in [2.05, 4.69) is 114 Å². The molecular formula is C38H30O2. The van der Waals surface area contributed by atoms with Crippen LogP contribution in [0.3, 0.4) is 0 Å². The highest BCUT2D eigenvalue weighted by Gasteiger charge is 2.26. The predicted octanol–water partition coefficient (Wildman–Crippen LogP) is 11.2. The fourth-order valence-corrected chi connectivity index (χ4v) is 7.44. The zero-order valence-electron chi connectivity index (χ0n) is 23.7. The molecule has 0 saturated carbocycles. The van der Waals surface area contributed by atoms with Crippen LogP contribution in [0.15, 0.2) is 81.6 Å². The third-order valence-corrected chi connectivity index (χ3v) is 8.71. The number of benzene rings is 6. The van der Waals surface area contributed by atoms with Gasteiger partial charge in [-0.25, -0.2) is 0 Å². The summed E-state index contributed by atoms with van der Waals surface area (Å²) in [4.78, 5) is 0. The molecule has 0 aliphatic carbocycles. The van der Waals surface area contributed by atoms with E-state index in [1.54, 1.807) is 0 Å². The third kappa shape index (κ3) is 3.17. The summed E-state index contributed by atoms with van der Waals surface area (Å²) in [6.45, 7) is 13.1. The Morgan fingerprint density at radius 3 is 1.12 bits per heavy atom. The molecular weight excluding hydrogens is 488 g/mol. The van der Waals surface area contributed by atoms with Gasteiger partial charge in [0.25, 0.3) is 0 Å². The smallest absolute Gasteiger partial charge is 0.136 e. The maximum absolute atomic E-state index is 6.72. The van der Waals surface area contributed by atoms with Gasteiger partial charge in [-0.2, -0.15) is 0 Å².